The van der Waals surface area contributed by atoms with E-state index < -0.39 is 0 Å². The summed E-state index contributed by atoms with van der Waals surface area (Å²) >= 11 is 0. The van der Waals surface area contributed by atoms with Crippen molar-refractivity contribution in [2.45, 2.75) is 73.6 Å². The molecule has 134 valence electrons. The van der Waals surface area contributed by atoms with Crippen molar-refractivity contribution in [2.24, 2.45) is 5.92 Å². The molecular formula is C21H32O3. The summed E-state index contributed by atoms with van der Waals surface area (Å²) in [6.45, 7) is 13.1. The lowest BCUT2D eigenvalue weighted by Gasteiger charge is -2.16. The number of aryl methyl sites for hydroxylation is 1. The molecule has 0 bridgehead atoms. The molecule has 0 aromatic heterocycles. The third-order valence-corrected chi connectivity index (χ3v) is 3.98. The van der Waals surface area contributed by atoms with Gasteiger partial charge in [-0.3, -0.25) is 9.59 Å². The molecule has 0 radical (unpaired) electrons. The lowest BCUT2D eigenvalue weighted by Crippen LogP contribution is -2.18. The molecule has 0 N–H and O–H groups in total. The lowest BCUT2D eigenvalue weighted by molar-refractivity contribution is -0.121. The highest BCUT2D eigenvalue weighted by Crippen LogP contribution is 2.24. The van der Waals surface area contributed by atoms with Crippen LogP contribution in [0.5, 0.6) is 0 Å². The first-order valence-corrected chi connectivity index (χ1v) is 8.86. The van der Waals surface area contributed by atoms with Crippen LogP contribution in [0.4, 0.5) is 0 Å². The highest BCUT2D eigenvalue weighted by atomic mass is 16.1. The molecule has 1 unspecified atom stereocenters. The quantitative estimate of drug-likeness (QED) is 0.608. The second-order valence-electron chi connectivity index (χ2n) is 6.42. The lowest BCUT2D eigenvalue weighted by atomic mass is 9.86. The summed E-state index contributed by atoms with van der Waals surface area (Å²) in [4.78, 5) is 35.4. The minimum absolute atomic E-state index is 0.00699. The molecule has 0 aliphatic heterocycles. The average molecular weight is 332 g/mol. The number of carbonyl (C=O) groups is 3. The molecule has 0 amide bonds. The third-order valence-electron chi connectivity index (χ3n) is 3.98. The SMILES string of the molecule is CC.CC(=O)CCC(CC(=O)c1ccc(C)cc1C(C)C)C(C)=O. The second-order valence-corrected chi connectivity index (χ2v) is 6.42. The van der Waals surface area contributed by atoms with E-state index in [1.54, 1.807) is 0 Å². The van der Waals surface area contributed by atoms with Gasteiger partial charge in [-0.2, -0.15) is 0 Å². The maximum absolute atomic E-state index is 12.6. The van der Waals surface area contributed by atoms with Gasteiger partial charge in [0.2, 0.25) is 0 Å². The Labute approximate surface area is 146 Å². The predicted octanol–water partition coefficient (Wildman–Crippen LogP) is 5.29. The second kappa shape index (κ2) is 10.9. The van der Waals surface area contributed by atoms with Crippen LogP contribution in [-0.4, -0.2) is 17.3 Å². The van der Waals surface area contributed by atoms with Gasteiger partial charge in [0.05, 0.1) is 0 Å². The van der Waals surface area contributed by atoms with Crippen molar-refractivity contribution in [1.82, 2.24) is 0 Å². The predicted molar refractivity (Wildman–Crippen MR) is 99.6 cm³/mol. The number of hydrogen-bond acceptors (Lipinski definition) is 3. The van der Waals surface area contributed by atoms with Gasteiger partial charge in [-0.1, -0.05) is 51.5 Å². The fourth-order valence-corrected chi connectivity index (χ4v) is 2.57. The number of rotatable bonds is 8. The summed E-state index contributed by atoms with van der Waals surface area (Å²) in [5.74, 6) is -0.0817. The summed E-state index contributed by atoms with van der Waals surface area (Å²) in [7, 11) is 0. The molecule has 3 nitrogen and oxygen atoms in total. The summed E-state index contributed by atoms with van der Waals surface area (Å²) in [6.07, 6.45) is 0.993. The van der Waals surface area contributed by atoms with Crippen LogP contribution < -0.4 is 0 Å². The average Bonchev–Trinajstić information content (AvgIpc) is 2.52. The van der Waals surface area contributed by atoms with E-state index in [4.69, 9.17) is 0 Å². The van der Waals surface area contributed by atoms with E-state index in [1.807, 2.05) is 39.0 Å². The first kappa shape index (κ1) is 22.2. The molecule has 1 atom stereocenters. The zero-order valence-electron chi connectivity index (χ0n) is 16.2. The summed E-state index contributed by atoms with van der Waals surface area (Å²) in [5.41, 5.74) is 2.86. The molecule has 0 aliphatic rings. The van der Waals surface area contributed by atoms with Crippen molar-refractivity contribution in [3.63, 3.8) is 0 Å². The molecule has 0 heterocycles. The third kappa shape index (κ3) is 7.20. The Morgan fingerprint density at radius 3 is 2.08 bits per heavy atom. The number of hydrogen-bond donors (Lipinski definition) is 0. The Bertz CT molecular complexity index is 570. The van der Waals surface area contributed by atoms with Crippen molar-refractivity contribution in [1.29, 1.82) is 0 Å². The van der Waals surface area contributed by atoms with Crippen molar-refractivity contribution < 1.29 is 14.4 Å². The molecule has 0 fully saturated rings. The molecule has 0 saturated carbocycles. The highest BCUT2D eigenvalue weighted by Gasteiger charge is 2.22. The number of Topliss-reactive ketones (excluding diaryl/α,β-unsaturated/α-hetero) is 3. The first-order chi connectivity index (χ1) is 11.2. The zero-order valence-corrected chi connectivity index (χ0v) is 16.2. The van der Waals surface area contributed by atoms with Crippen LogP contribution in [0.3, 0.4) is 0 Å². The number of carbonyl (C=O) groups excluding carboxylic acids is 3. The van der Waals surface area contributed by atoms with E-state index in [0.29, 0.717) is 18.4 Å². The van der Waals surface area contributed by atoms with Crippen molar-refractivity contribution >= 4 is 17.3 Å². The molecule has 1 rings (SSSR count). The highest BCUT2D eigenvalue weighted by molar-refractivity contribution is 6.00. The molecule has 0 spiro atoms. The Morgan fingerprint density at radius 1 is 1.04 bits per heavy atom. The fraction of sp³-hybridized carbons (Fsp3) is 0.571. The summed E-state index contributed by atoms with van der Waals surface area (Å²) in [6, 6.07) is 5.82. The van der Waals surface area contributed by atoms with Crippen molar-refractivity contribution in [2.75, 3.05) is 0 Å². The number of ketones is 3. The maximum Gasteiger partial charge on any atom is 0.163 e. The fourth-order valence-electron chi connectivity index (χ4n) is 2.57. The maximum atomic E-state index is 12.6. The molecule has 0 aliphatic carbocycles. The van der Waals surface area contributed by atoms with Gasteiger partial charge in [-0.25, -0.2) is 0 Å². The van der Waals surface area contributed by atoms with Crippen LogP contribution in [0.2, 0.25) is 0 Å². The van der Waals surface area contributed by atoms with Crippen molar-refractivity contribution in [3.8, 4) is 0 Å². The normalized spacial score (nSPS) is 11.5. The van der Waals surface area contributed by atoms with Gasteiger partial charge < -0.3 is 4.79 Å². The zero-order chi connectivity index (χ0) is 18.9. The molecule has 3 heteroatoms. The van der Waals surface area contributed by atoms with Crippen molar-refractivity contribution in [3.05, 3.63) is 34.9 Å². The smallest absolute Gasteiger partial charge is 0.163 e. The Hall–Kier alpha value is -1.77. The largest absolute Gasteiger partial charge is 0.300 e. The van der Waals surface area contributed by atoms with Crippen LogP contribution in [0.25, 0.3) is 0 Å². The van der Waals surface area contributed by atoms with Crippen LogP contribution in [0, 0.1) is 12.8 Å². The van der Waals surface area contributed by atoms with Crippen LogP contribution in [-0.2, 0) is 9.59 Å². The van der Waals surface area contributed by atoms with Gasteiger partial charge in [0.15, 0.2) is 5.78 Å². The van der Waals surface area contributed by atoms with Gasteiger partial charge >= 0.3 is 0 Å². The monoisotopic (exact) mass is 332 g/mol. The topological polar surface area (TPSA) is 51.2 Å². The van der Waals surface area contributed by atoms with Crippen LogP contribution in [0.15, 0.2) is 18.2 Å². The molecular weight excluding hydrogens is 300 g/mol. The molecule has 24 heavy (non-hydrogen) atoms. The van der Waals surface area contributed by atoms with Gasteiger partial charge in [0, 0.05) is 24.3 Å². The van der Waals surface area contributed by atoms with E-state index in [-0.39, 0.29) is 35.6 Å². The van der Waals surface area contributed by atoms with Crippen LogP contribution >= 0.6 is 0 Å². The van der Waals surface area contributed by atoms with Gasteiger partial charge in [0.25, 0.3) is 0 Å². The van der Waals surface area contributed by atoms with E-state index in [9.17, 15) is 14.4 Å². The Morgan fingerprint density at radius 2 is 1.62 bits per heavy atom. The van der Waals surface area contributed by atoms with E-state index in [2.05, 4.69) is 13.8 Å². The first-order valence-electron chi connectivity index (χ1n) is 8.86. The van der Waals surface area contributed by atoms with E-state index >= 15 is 0 Å². The summed E-state index contributed by atoms with van der Waals surface area (Å²) in [5, 5.41) is 0. The van der Waals surface area contributed by atoms with Crippen LogP contribution in [0.1, 0.15) is 88.2 Å². The Balaban J connectivity index is 0.00000254. The van der Waals surface area contributed by atoms with E-state index in [0.717, 1.165) is 11.1 Å². The molecule has 1 aromatic carbocycles. The minimum atomic E-state index is -0.363. The minimum Gasteiger partial charge on any atom is -0.300 e. The van der Waals surface area contributed by atoms with E-state index in [1.165, 1.54) is 13.8 Å². The standard InChI is InChI=1S/C19H26O3.C2H6/c1-12(2)18-10-13(3)6-9-17(18)19(22)11-16(15(5)21)8-7-14(4)20;1-2/h6,9-10,12,16H,7-8,11H2,1-5H3;1-2H3. The molecule has 1 aromatic rings. The Kier molecular flexibility index (Phi) is 10.1. The summed E-state index contributed by atoms with van der Waals surface area (Å²) < 4.78 is 0. The van der Waals surface area contributed by atoms with Gasteiger partial charge in [-0.05, 0) is 38.7 Å². The molecule has 0 saturated heterocycles. The van der Waals surface area contributed by atoms with Gasteiger partial charge in [0.1, 0.15) is 11.6 Å². The van der Waals surface area contributed by atoms with Gasteiger partial charge in [-0.15, -0.1) is 0 Å². The number of benzene rings is 1.